The van der Waals surface area contributed by atoms with E-state index in [2.05, 4.69) is 10.3 Å². The number of hydrogen-bond donors (Lipinski definition) is 0. The number of halogens is 1. The average molecular weight is 252 g/mol. The zero-order valence-electron chi connectivity index (χ0n) is 9.85. The van der Waals surface area contributed by atoms with Crippen LogP contribution in [0.5, 0.6) is 5.75 Å². The largest absolute Gasteiger partial charge is 0.497 e. The molecule has 1 heterocycles. The Morgan fingerprint density at radius 1 is 1.35 bits per heavy atom. The Morgan fingerprint density at radius 2 is 2.18 bits per heavy atom. The zero-order chi connectivity index (χ0) is 12.3. The van der Waals surface area contributed by atoms with Gasteiger partial charge in [0.25, 0.3) is 0 Å². The van der Waals surface area contributed by atoms with Gasteiger partial charge in [0.15, 0.2) is 0 Å². The minimum atomic E-state index is 0.730. The first-order chi connectivity index (χ1) is 8.19. The van der Waals surface area contributed by atoms with E-state index < -0.39 is 0 Å². The van der Waals surface area contributed by atoms with Crippen LogP contribution in [-0.2, 0) is 19.9 Å². The summed E-state index contributed by atoms with van der Waals surface area (Å²) in [4.78, 5) is 0. The van der Waals surface area contributed by atoms with Crippen molar-refractivity contribution in [2.45, 2.75) is 12.8 Å². The molecular formula is C12H14ClN3O. The second kappa shape index (κ2) is 5.19. The van der Waals surface area contributed by atoms with Gasteiger partial charge in [0.2, 0.25) is 0 Å². The summed E-state index contributed by atoms with van der Waals surface area (Å²) in [6, 6.07) is 5.73. The minimum absolute atomic E-state index is 0.730. The van der Waals surface area contributed by atoms with Crippen molar-refractivity contribution in [2.24, 2.45) is 7.05 Å². The third-order valence-corrected chi connectivity index (χ3v) is 2.91. The van der Waals surface area contributed by atoms with Gasteiger partial charge in [0.05, 0.1) is 12.8 Å². The van der Waals surface area contributed by atoms with E-state index in [-0.39, 0.29) is 0 Å². The Bertz CT molecular complexity index is 510. The Morgan fingerprint density at radius 3 is 2.76 bits per heavy atom. The molecule has 0 saturated heterocycles. The Labute approximate surface area is 105 Å². The molecule has 0 amide bonds. The van der Waals surface area contributed by atoms with Gasteiger partial charge in [-0.1, -0.05) is 22.9 Å². The average Bonchev–Trinajstić information content (AvgIpc) is 2.73. The molecule has 0 bridgehead atoms. The number of aryl methyl sites for hydroxylation is 3. The van der Waals surface area contributed by atoms with E-state index in [1.54, 1.807) is 11.8 Å². The zero-order valence-corrected chi connectivity index (χ0v) is 10.6. The molecule has 5 heteroatoms. The predicted octanol–water partition coefficient (Wildman–Crippen LogP) is 2.26. The maximum Gasteiger partial charge on any atom is 0.120 e. The number of rotatable bonds is 4. The molecule has 0 aliphatic heterocycles. The molecule has 0 spiro atoms. The standard InChI is InChI=1S/C12H14ClN3O/c1-16-8-10(14-15-16)5-3-9-4-6-11(17-2)7-12(9)13/h4,6-8H,3,5H2,1-2H3. The van der Waals surface area contributed by atoms with Crippen molar-refractivity contribution in [3.05, 3.63) is 40.7 Å². The molecule has 0 fully saturated rings. The fourth-order valence-electron chi connectivity index (χ4n) is 1.63. The van der Waals surface area contributed by atoms with E-state index in [1.807, 2.05) is 31.4 Å². The predicted molar refractivity (Wildman–Crippen MR) is 66.4 cm³/mol. The van der Waals surface area contributed by atoms with Crippen molar-refractivity contribution in [1.82, 2.24) is 15.0 Å². The molecule has 2 rings (SSSR count). The molecule has 0 N–H and O–H groups in total. The van der Waals surface area contributed by atoms with E-state index >= 15 is 0 Å². The molecule has 0 saturated carbocycles. The first-order valence-corrected chi connectivity index (χ1v) is 5.74. The molecule has 0 atom stereocenters. The van der Waals surface area contributed by atoms with Crippen LogP contribution < -0.4 is 4.74 Å². The molecule has 0 aliphatic carbocycles. The van der Waals surface area contributed by atoms with Crippen LogP contribution in [0.25, 0.3) is 0 Å². The number of benzene rings is 1. The third-order valence-electron chi connectivity index (χ3n) is 2.56. The summed E-state index contributed by atoms with van der Waals surface area (Å²) in [5.41, 5.74) is 2.07. The number of aromatic nitrogens is 3. The van der Waals surface area contributed by atoms with Crippen molar-refractivity contribution >= 4 is 11.6 Å². The number of nitrogens with zero attached hydrogens (tertiary/aromatic N) is 3. The number of methoxy groups -OCH3 is 1. The highest BCUT2D eigenvalue weighted by atomic mass is 35.5. The van der Waals surface area contributed by atoms with Gasteiger partial charge in [-0.05, 0) is 30.5 Å². The van der Waals surface area contributed by atoms with Crippen molar-refractivity contribution in [3.8, 4) is 5.75 Å². The Balaban J connectivity index is 2.04. The molecule has 90 valence electrons. The second-order valence-corrected chi connectivity index (χ2v) is 4.25. The molecule has 1 aromatic carbocycles. The highest BCUT2D eigenvalue weighted by molar-refractivity contribution is 6.31. The SMILES string of the molecule is COc1ccc(CCc2cn(C)nn2)c(Cl)c1. The minimum Gasteiger partial charge on any atom is -0.497 e. The molecule has 0 unspecified atom stereocenters. The Hall–Kier alpha value is -1.55. The maximum atomic E-state index is 6.16. The van der Waals surface area contributed by atoms with Gasteiger partial charge in [0.1, 0.15) is 5.75 Å². The molecule has 2 aromatic rings. The lowest BCUT2D eigenvalue weighted by atomic mass is 10.1. The Kier molecular flexibility index (Phi) is 3.64. The van der Waals surface area contributed by atoms with Gasteiger partial charge in [-0.2, -0.15) is 0 Å². The third kappa shape index (κ3) is 2.97. The summed E-state index contributed by atoms with van der Waals surface area (Å²) in [5.74, 6) is 0.776. The van der Waals surface area contributed by atoms with E-state index in [1.165, 1.54) is 0 Å². The lowest BCUT2D eigenvalue weighted by Gasteiger charge is -2.05. The second-order valence-electron chi connectivity index (χ2n) is 3.84. The first-order valence-electron chi connectivity index (χ1n) is 5.36. The van der Waals surface area contributed by atoms with Crippen LogP contribution >= 0.6 is 11.6 Å². The lowest BCUT2D eigenvalue weighted by molar-refractivity contribution is 0.414. The van der Waals surface area contributed by atoms with Crippen LogP contribution in [0.3, 0.4) is 0 Å². The maximum absolute atomic E-state index is 6.16. The molecular weight excluding hydrogens is 238 g/mol. The van der Waals surface area contributed by atoms with Crippen molar-refractivity contribution < 1.29 is 4.74 Å². The summed E-state index contributed by atoms with van der Waals surface area (Å²) in [6.45, 7) is 0. The van der Waals surface area contributed by atoms with Crippen molar-refractivity contribution in [3.63, 3.8) is 0 Å². The van der Waals surface area contributed by atoms with Gasteiger partial charge in [-0.3, -0.25) is 4.68 Å². The number of hydrogen-bond acceptors (Lipinski definition) is 3. The van der Waals surface area contributed by atoms with Crippen LogP contribution in [0.15, 0.2) is 24.4 Å². The van der Waals surface area contributed by atoms with Gasteiger partial charge < -0.3 is 4.74 Å². The topological polar surface area (TPSA) is 39.9 Å². The highest BCUT2D eigenvalue weighted by Crippen LogP contribution is 2.23. The van der Waals surface area contributed by atoms with Gasteiger partial charge in [-0.15, -0.1) is 5.10 Å². The summed E-state index contributed by atoms with van der Waals surface area (Å²) in [7, 11) is 3.49. The highest BCUT2D eigenvalue weighted by Gasteiger charge is 2.04. The van der Waals surface area contributed by atoms with Gasteiger partial charge >= 0.3 is 0 Å². The van der Waals surface area contributed by atoms with Crippen LogP contribution in [0, 0.1) is 0 Å². The monoisotopic (exact) mass is 251 g/mol. The van der Waals surface area contributed by atoms with E-state index in [0.717, 1.165) is 34.9 Å². The van der Waals surface area contributed by atoms with E-state index in [0.29, 0.717) is 0 Å². The molecule has 0 radical (unpaired) electrons. The molecule has 4 nitrogen and oxygen atoms in total. The molecule has 1 aromatic heterocycles. The molecule has 0 aliphatic rings. The smallest absolute Gasteiger partial charge is 0.120 e. The van der Waals surface area contributed by atoms with E-state index in [4.69, 9.17) is 16.3 Å². The van der Waals surface area contributed by atoms with Crippen molar-refractivity contribution in [1.29, 1.82) is 0 Å². The van der Waals surface area contributed by atoms with E-state index in [9.17, 15) is 0 Å². The van der Waals surface area contributed by atoms with Gasteiger partial charge in [-0.25, -0.2) is 0 Å². The fraction of sp³-hybridized carbons (Fsp3) is 0.333. The first kappa shape index (κ1) is 11.9. The van der Waals surface area contributed by atoms with Crippen LogP contribution in [0.2, 0.25) is 5.02 Å². The van der Waals surface area contributed by atoms with Crippen LogP contribution in [0.4, 0.5) is 0 Å². The molecule has 17 heavy (non-hydrogen) atoms. The van der Waals surface area contributed by atoms with Crippen LogP contribution in [-0.4, -0.2) is 22.1 Å². The van der Waals surface area contributed by atoms with Crippen molar-refractivity contribution in [2.75, 3.05) is 7.11 Å². The summed E-state index contributed by atoms with van der Waals surface area (Å²) in [5, 5.41) is 8.66. The lowest BCUT2D eigenvalue weighted by Crippen LogP contribution is -1.93. The number of ether oxygens (including phenoxy) is 1. The summed E-state index contributed by atoms with van der Waals surface area (Å²) in [6.07, 6.45) is 3.60. The summed E-state index contributed by atoms with van der Waals surface area (Å²) >= 11 is 6.16. The fourth-order valence-corrected chi connectivity index (χ4v) is 1.90. The summed E-state index contributed by atoms with van der Waals surface area (Å²) < 4.78 is 6.81. The van der Waals surface area contributed by atoms with Crippen LogP contribution in [0.1, 0.15) is 11.3 Å². The van der Waals surface area contributed by atoms with Gasteiger partial charge in [0, 0.05) is 18.3 Å². The normalized spacial score (nSPS) is 10.5. The quantitative estimate of drug-likeness (QED) is 0.837.